The maximum atomic E-state index is 14.0. The monoisotopic (exact) mass is 596 g/mol. The van der Waals surface area contributed by atoms with E-state index in [2.05, 4.69) is 9.88 Å². The van der Waals surface area contributed by atoms with Crippen LogP contribution >= 0.6 is 11.6 Å². The van der Waals surface area contributed by atoms with Crippen LogP contribution in [-0.2, 0) is 10.4 Å². The summed E-state index contributed by atoms with van der Waals surface area (Å²) in [5.41, 5.74) is -3.87. The van der Waals surface area contributed by atoms with Crippen LogP contribution in [0.4, 0.5) is 19.0 Å². The lowest BCUT2D eigenvalue weighted by molar-refractivity contribution is -0.261. The standard InChI is InChI=1S/C29H36ClF3N4O4/c1-35(27(39)28(40,29(31,32)33)20-7-4-8-22(18-20)41-3)15-5-6-19-13-16-37(17-14-19)24-12-11-23(25(30)34-24)26(38)36(2)21-9-10-21/h4,7-8,11-12,18-19,21,40H,5-6,9-10,13-17H2,1-3H3. The third-order valence-corrected chi connectivity index (χ3v) is 8.37. The van der Waals surface area contributed by atoms with Crippen molar-refractivity contribution in [3.63, 3.8) is 0 Å². The summed E-state index contributed by atoms with van der Waals surface area (Å²) in [6.45, 7) is 1.52. The first-order valence-corrected chi connectivity index (χ1v) is 14.1. The molecule has 1 aromatic heterocycles. The van der Waals surface area contributed by atoms with E-state index in [-0.39, 0.29) is 29.4 Å². The van der Waals surface area contributed by atoms with Crippen LogP contribution in [0.3, 0.4) is 0 Å². The van der Waals surface area contributed by atoms with Crippen LogP contribution in [-0.4, -0.2) is 84.8 Å². The van der Waals surface area contributed by atoms with Crippen molar-refractivity contribution in [3.05, 3.63) is 52.7 Å². The van der Waals surface area contributed by atoms with Crippen LogP contribution < -0.4 is 9.64 Å². The second kappa shape index (κ2) is 12.4. The number of methoxy groups -OCH3 is 1. The number of halogens is 4. The van der Waals surface area contributed by atoms with Crippen LogP contribution in [0.1, 0.15) is 54.4 Å². The Morgan fingerprint density at radius 2 is 1.80 bits per heavy atom. The van der Waals surface area contributed by atoms with E-state index in [1.165, 1.54) is 26.3 Å². The van der Waals surface area contributed by atoms with E-state index < -0.39 is 23.2 Å². The van der Waals surface area contributed by atoms with Gasteiger partial charge < -0.3 is 24.5 Å². The molecule has 1 unspecified atom stereocenters. The van der Waals surface area contributed by atoms with Gasteiger partial charge in [-0.25, -0.2) is 4.98 Å². The van der Waals surface area contributed by atoms with Gasteiger partial charge in [0.05, 0.1) is 12.7 Å². The molecule has 0 bridgehead atoms. The molecule has 1 aliphatic carbocycles. The molecular formula is C29H36ClF3N4O4. The minimum atomic E-state index is -5.22. The van der Waals surface area contributed by atoms with Crippen molar-refractivity contribution in [1.29, 1.82) is 0 Å². The average molecular weight is 597 g/mol. The lowest BCUT2D eigenvalue weighted by Gasteiger charge is -2.34. The van der Waals surface area contributed by atoms with Gasteiger partial charge in [0.25, 0.3) is 17.4 Å². The number of alkyl halides is 3. The molecule has 2 aromatic rings. The highest BCUT2D eigenvalue weighted by atomic mass is 35.5. The van der Waals surface area contributed by atoms with Gasteiger partial charge in [-0.05, 0) is 68.7 Å². The Morgan fingerprint density at radius 1 is 1.12 bits per heavy atom. The summed E-state index contributed by atoms with van der Waals surface area (Å²) in [5, 5.41) is 10.9. The Bertz CT molecular complexity index is 1250. The van der Waals surface area contributed by atoms with E-state index in [0.29, 0.717) is 23.7 Å². The van der Waals surface area contributed by atoms with Crippen molar-refractivity contribution in [2.75, 3.05) is 45.7 Å². The number of piperidine rings is 1. The first-order valence-electron chi connectivity index (χ1n) is 13.7. The van der Waals surface area contributed by atoms with E-state index in [4.69, 9.17) is 16.3 Å². The molecule has 41 heavy (non-hydrogen) atoms. The minimum absolute atomic E-state index is 0.0728. The van der Waals surface area contributed by atoms with E-state index in [9.17, 15) is 27.9 Å². The number of aliphatic hydroxyl groups is 1. The Morgan fingerprint density at radius 3 is 2.39 bits per heavy atom. The fourth-order valence-corrected chi connectivity index (χ4v) is 5.51. The maximum absolute atomic E-state index is 14.0. The number of carbonyl (C=O) groups is 2. The highest BCUT2D eigenvalue weighted by Crippen LogP contribution is 2.41. The van der Waals surface area contributed by atoms with Gasteiger partial charge in [-0.2, -0.15) is 13.2 Å². The Hall–Kier alpha value is -3.05. The van der Waals surface area contributed by atoms with Gasteiger partial charge in [-0.1, -0.05) is 23.7 Å². The summed E-state index contributed by atoms with van der Waals surface area (Å²) in [5.74, 6) is -0.418. The zero-order valence-corrected chi connectivity index (χ0v) is 24.2. The van der Waals surface area contributed by atoms with Crippen LogP contribution in [0, 0.1) is 5.92 Å². The summed E-state index contributed by atoms with van der Waals surface area (Å²) in [7, 11) is 4.34. The molecule has 1 saturated carbocycles. The Labute approximate surface area is 243 Å². The lowest BCUT2D eigenvalue weighted by atomic mass is 9.90. The molecule has 2 aliphatic rings. The molecule has 2 fully saturated rings. The molecule has 4 rings (SSSR count). The second-order valence-corrected chi connectivity index (χ2v) is 11.3. The zero-order chi connectivity index (χ0) is 29.9. The molecule has 8 nitrogen and oxygen atoms in total. The van der Waals surface area contributed by atoms with Crippen LogP contribution in [0.2, 0.25) is 5.15 Å². The predicted octanol–water partition coefficient (Wildman–Crippen LogP) is 4.88. The summed E-state index contributed by atoms with van der Waals surface area (Å²) < 4.78 is 47.0. The Kier molecular flexibility index (Phi) is 9.38. The van der Waals surface area contributed by atoms with Crippen LogP contribution in [0.5, 0.6) is 5.75 Å². The molecule has 224 valence electrons. The summed E-state index contributed by atoms with van der Waals surface area (Å²) in [6, 6.07) is 8.63. The molecular weight excluding hydrogens is 561 g/mol. The van der Waals surface area contributed by atoms with E-state index >= 15 is 0 Å². The van der Waals surface area contributed by atoms with Gasteiger partial charge in [0.2, 0.25) is 0 Å². The van der Waals surface area contributed by atoms with E-state index in [1.54, 1.807) is 18.0 Å². The Balaban J connectivity index is 1.29. The quantitative estimate of drug-likeness (QED) is 0.394. The number of amides is 2. The van der Waals surface area contributed by atoms with Gasteiger partial charge in [0, 0.05) is 45.3 Å². The highest BCUT2D eigenvalue weighted by Gasteiger charge is 2.61. The van der Waals surface area contributed by atoms with Crippen LogP contribution in [0.15, 0.2) is 36.4 Å². The number of ether oxygens (including phenoxy) is 1. The number of pyridine rings is 1. The molecule has 0 spiro atoms. The third kappa shape index (κ3) is 6.72. The van der Waals surface area contributed by atoms with Crippen molar-refractivity contribution < 1.29 is 32.6 Å². The molecule has 0 radical (unpaired) electrons. The molecule has 1 aromatic carbocycles. The topological polar surface area (TPSA) is 86.2 Å². The number of benzene rings is 1. The van der Waals surface area contributed by atoms with Gasteiger partial charge in [-0.3, -0.25) is 9.59 Å². The smallest absolute Gasteiger partial charge is 0.430 e. The molecule has 2 heterocycles. The molecule has 1 saturated heterocycles. The van der Waals surface area contributed by atoms with Crippen LogP contribution in [0.25, 0.3) is 0 Å². The number of nitrogens with zero attached hydrogens (tertiary/aromatic N) is 4. The first kappa shape index (κ1) is 30.9. The molecule has 1 aliphatic heterocycles. The summed E-state index contributed by atoms with van der Waals surface area (Å²) in [4.78, 5) is 34.8. The van der Waals surface area contributed by atoms with Crippen molar-refractivity contribution in [2.24, 2.45) is 5.92 Å². The van der Waals surface area contributed by atoms with Gasteiger partial charge in [0.15, 0.2) is 0 Å². The minimum Gasteiger partial charge on any atom is -0.497 e. The van der Waals surface area contributed by atoms with Crippen molar-refractivity contribution in [3.8, 4) is 5.75 Å². The van der Waals surface area contributed by atoms with E-state index in [1.807, 2.05) is 6.07 Å². The van der Waals surface area contributed by atoms with Crippen molar-refractivity contribution in [1.82, 2.24) is 14.8 Å². The van der Waals surface area contributed by atoms with Gasteiger partial charge in [-0.15, -0.1) is 0 Å². The number of anilines is 1. The predicted molar refractivity (Wildman–Crippen MR) is 149 cm³/mol. The summed E-state index contributed by atoms with van der Waals surface area (Å²) in [6.07, 6.45) is -0.291. The fourth-order valence-electron chi connectivity index (χ4n) is 5.28. The summed E-state index contributed by atoms with van der Waals surface area (Å²) >= 11 is 6.37. The zero-order valence-electron chi connectivity index (χ0n) is 23.5. The van der Waals surface area contributed by atoms with Gasteiger partial charge >= 0.3 is 6.18 Å². The highest BCUT2D eigenvalue weighted by molar-refractivity contribution is 6.32. The largest absolute Gasteiger partial charge is 0.497 e. The molecule has 12 heteroatoms. The number of carbonyl (C=O) groups excluding carboxylic acids is 2. The third-order valence-electron chi connectivity index (χ3n) is 8.08. The second-order valence-electron chi connectivity index (χ2n) is 10.9. The average Bonchev–Trinajstić information content (AvgIpc) is 3.81. The first-order chi connectivity index (χ1) is 19.4. The van der Waals surface area contributed by atoms with Gasteiger partial charge in [0.1, 0.15) is 16.7 Å². The van der Waals surface area contributed by atoms with Crippen molar-refractivity contribution in [2.45, 2.75) is 56.3 Å². The maximum Gasteiger partial charge on any atom is 0.430 e. The van der Waals surface area contributed by atoms with E-state index in [0.717, 1.165) is 62.2 Å². The lowest BCUT2D eigenvalue weighted by Crippen LogP contribution is -2.55. The number of hydrogen-bond donors (Lipinski definition) is 1. The fraction of sp³-hybridized carbons (Fsp3) is 0.552. The number of aromatic nitrogens is 1. The van der Waals surface area contributed by atoms with Crippen molar-refractivity contribution >= 4 is 29.2 Å². The normalized spacial score (nSPS) is 17.6. The molecule has 1 atom stereocenters. The molecule has 2 amide bonds. The SMILES string of the molecule is COc1cccc(C(O)(C(=O)N(C)CCCC2CCN(c3ccc(C(=O)N(C)C4CC4)c(Cl)n3)CC2)C(F)(F)F)c1. The number of rotatable bonds is 10. The molecule has 1 N–H and O–H groups in total. The number of hydrogen-bond acceptors (Lipinski definition) is 6. The number of likely N-dealkylation sites (N-methyl/N-ethyl adjacent to an activating group) is 1.